The molecular formula is C22H25N3O3S3. The lowest BCUT2D eigenvalue weighted by Crippen LogP contribution is -2.14. The summed E-state index contributed by atoms with van der Waals surface area (Å²) in [5, 5.41) is 2.04. The van der Waals surface area contributed by atoms with Gasteiger partial charge in [-0.15, -0.1) is 11.3 Å². The zero-order valence-electron chi connectivity index (χ0n) is 17.7. The van der Waals surface area contributed by atoms with Gasteiger partial charge in [0.05, 0.1) is 17.3 Å². The molecule has 3 aromatic heterocycles. The number of hydrogen-bond acceptors (Lipinski definition) is 7. The summed E-state index contributed by atoms with van der Waals surface area (Å²) < 4.78 is 25.9. The molecule has 2 aliphatic rings. The molecule has 1 aliphatic heterocycles. The number of ketones is 1. The number of thiophene rings is 1. The molecule has 6 nitrogen and oxygen atoms in total. The van der Waals surface area contributed by atoms with Crippen molar-refractivity contribution in [1.82, 2.24) is 14.5 Å². The first kappa shape index (κ1) is 21.2. The summed E-state index contributed by atoms with van der Waals surface area (Å²) in [6.45, 7) is 3.88. The van der Waals surface area contributed by atoms with Gasteiger partial charge >= 0.3 is 0 Å². The van der Waals surface area contributed by atoms with Gasteiger partial charge in [0.25, 0.3) is 0 Å². The number of Topliss-reactive ketones (excluding diaryl/α,β-unsaturated/α-hetero) is 1. The van der Waals surface area contributed by atoms with Crippen LogP contribution in [0.1, 0.15) is 57.5 Å². The Morgan fingerprint density at radius 3 is 2.84 bits per heavy atom. The van der Waals surface area contributed by atoms with E-state index in [1.807, 2.05) is 24.5 Å². The third-order valence-corrected chi connectivity index (χ3v) is 10.4. The van der Waals surface area contributed by atoms with E-state index >= 15 is 0 Å². The molecule has 0 saturated carbocycles. The number of nitrogens with zero attached hydrogens (tertiary/aromatic N) is 3. The van der Waals surface area contributed by atoms with Crippen LogP contribution in [-0.4, -0.2) is 46.0 Å². The second-order valence-electron chi connectivity index (χ2n) is 8.49. The summed E-state index contributed by atoms with van der Waals surface area (Å²) in [4.78, 5) is 24.5. The molecule has 4 heterocycles. The Morgan fingerprint density at radius 1 is 1.26 bits per heavy atom. The van der Waals surface area contributed by atoms with Gasteiger partial charge in [0.15, 0.2) is 15.6 Å². The molecule has 3 aromatic rings. The van der Waals surface area contributed by atoms with E-state index in [1.165, 1.54) is 35.0 Å². The average molecular weight is 476 g/mol. The SMILES string of the molecule is Cc1cc(C(=O)CSc2ncnc3sc4c(c23)CCCC4)c(C)n1C1CCS(=O)(=O)C1. The first-order chi connectivity index (χ1) is 14.8. The first-order valence-corrected chi connectivity index (χ1v) is 14.3. The van der Waals surface area contributed by atoms with Crippen LogP contribution in [0.3, 0.4) is 0 Å². The molecule has 31 heavy (non-hydrogen) atoms. The first-order valence-electron chi connectivity index (χ1n) is 10.6. The highest BCUT2D eigenvalue weighted by atomic mass is 32.2. The molecule has 5 rings (SSSR count). The fourth-order valence-electron chi connectivity index (χ4n) is 4.98. The fraction of sp³-hybridized carbons (Fsp3) is 0.500. The van der Waals surface area contributed by atoms with Crippen LogP contribution < -0.4 is 0 Å². The summed E-state index contributed by atoms with van der Waals surface area (Å²) in [7, 11) is -2.98. The van der Waals surface area contributed by atoms with Gasteiger partial charge < -0.3 is 4.57 Å². The van der Waals surface area contributed by atoms with E-state index in [4.69, 9.17) is 0 Å². The Kier molecular flexibility index (Phi) is 5.46. The van der Waals surface area contributed by atoms with Gasteiger partial charge in [0.2, 0.25) is 0 Å². The van der Waals surface area contributed by atoms with Crippen LogP contribution in [0.15, 0.2) is 17.4 Å². The lowest BCUT2D eigenvalue weighted by Gasteiger charge is -2.16. The Morgan fingerprint density at radius 2 is 2.06 bits per heavy atom. The van der Waals surface area contributed by atoms with Crippen LogP contribution in [-0.2, 0) is 22.7 Å². The van der Waals surface area contributed by atoms with E-state index < -0.39 is 9.84 Å². The molecule has 0 spiro atoms. The maximum absolute atomic E-state index is 13.1. The molecular weight excluding hydrogens is 450 g/mol. The summed E-state index contributed by atoms with van der Waals surface area (Å²) in [5.74, 6) is 0.751. The van der Waals surface area contributed by atoms with Gasteiger partial charge in [0, 0.05) is 33.3 Å². The molecule has 1 unspecified atom stereocenters. The van der Waals surface area contributed by atoms with Gasteiger partial charge in [-0.1, -0.05) is 11.8 Å². The van der Waals surface area contributed by atoms with Crippen molar-refractivity contribution in [3.63, 3.8) is 0 Å². The van der Waals surface area contributed by atoms with Crippen LogP contribution in [0.4, 0.5) is 0 Å². The lowest BCUT2D eigenvalue weighted by atomic mass is 9.97. The zero-order valence-corrected chi connectivity index (χ0v) is 20.1. The van der Waals surface area contributed by atoms with Crippen molar-refractivity contribution in [1.29, 1.82) is 0 Å². The second kappa shape index (κ2) is 8.01. The molecule has 0 aromatic carbocycles. The van der Waals surface area contributed by atoms with Crippen molar-refractivity contribution in [3.05, 3.63) is 39.8 Å². The predicted octanol–water partition coefficient (Wildman–Crippen LogP) is 4.32. The molecule has 9 heteroatoms. The minimum Gasteiger partial charge on any atom is -0.344 e. The lowest BCUT2D eigenvalue weighted by molar-refractivity contribution is 0.102. The summed E-state index contributed by atoms with van der Waals surface area (Å²) in [6.07, 6.45) is 6.82. The Labute approximate surface area is 190 Å². The molecule has 1 atom stereocenters. The number of fused-ring (bicyclic) bond motifs is 3. The normalized spacial score (nSPS) is 20.3. The van der Waals surface area contributed by atoms with E-state index in [0.29, 0.717) is 17.7 Å². The summed E-state index contributed by atoms with van der Waals surface area (Å²) in [5.41, 5.74) is 3.88. The highest BCUT2D eigenvalue weighted by Gasteiger charge is 2.31. The van der Waals surface area contributed by atoms with Gasteiger partial charge in [-0.2, -0.15) is 0 Å². The number of rotatable bonds is 5. The third-order valence-electron chi connectivity index (χ3n) is 6.41. The highest BCUT2D eigenvalue weighted by Crippen LogP contribution is 2.39. The molecule has 1 aliphatic carbocycles. The van der Waals surface area contributed by atoms with E-state index in [9.17, 15) is 13.2 Å². The van der Waals surface area contributed by atoms with Crippen molar-refractivity contribution in [3.8, 4) is 0 Å². The van der Waals surface area contributed by atoms with E-state index in [2.05, 4.69) is 9.97 Å². The van der Waals surface area contributed by atoms with E-state index in [1.54, 1.807) is 17.7 Å². The van der Waals surface area contributed by atoms with Crippen molar-refractivity contribution in [2.45, 2.75) is 57.0 Å². The van der Waals surface area contributed by atoms with Crippen LogP contribution >= 0.6 is 23.1 Å². The smallest absolute Gasteiger partial charge is 0.174 e. The highest BCUT2D eigenvalue weighted by molar-refractivity contribution is 8.00. The maximum Gasteiger partial charge on any atom is 0.174 e. The van der Waals surface area contributed by atoms with Gasteiger partial charge in [0.1, 0.15) is 16.2 Å². The average Bonchev–Trinajstić information content (AvgIpc) is 3.38. The molecule has 1 saturated heterocycles. The summed E-state index contributed by atoms with van der Waals surface area (Å²) in [6, 6.07) is 1.84. The second-order valence-corrected chi connectivity index (χ2v) is 12.8. The standard InChI is InChI=1S/C22H25N3O3S3/c1-13-9-17(14(2)25(13)15-7-8-31(27,28)11-15)18(26)10-29-21-20-16-5-3-4-6-19(16)30-22(20)24-12-23-21/h9,12,15H,3-8,10-11H2,1-2H3. The molecule has 0 bridgehead atoms. The molecule has 0 amide bonds. The Hall–Kier alpha value is -1.71. The van der Waals surface area contributed by atoms with E-state index in [-0.39, 0.29) is 23.3 Å². The zero-order chi connectivity index (χ0) is 21.8. The van der Waals surface area contributed by atoms with Gasteiger partial charge in [-0.05, 0) is 57.6 Å². The quantitative estimate of drug-likeness (QED) is 0.310. The van der Waals surface area contributed by atoms with Crippen LogP contribution in [0.5, 0.6) is 0 Å². The molecule has 1 fully saturated rings. The topological polar surface area (TPSA) is 81.9 Å². The predicted molar refractivity (Wildman–Crippen MR) is 125 cm³/mol. The number of carbonyl (C=O) groups excluding carboxylic acids is 1. The monoisotopic (exact) mass is 475 g/mol. The van der Waals surface area contributed by atoms with Crippen molar-refractivity contribution < 1.29 is 13.2 Å². The maximum atomic E-state index is 13.1. The van der Waals surface area contributed by atoms with Crippen LogP contribution in [0, 0.1) is 13.8 Å². The van der Waals surface area contributed by atoms with Crippen molar-refractivity contribution in [2.24, 2.45) is 0 Å². The molecule has 0 radical (unpaired) electrons. The van der Waals surface area contributed by atoms with Gasteiger partial charge in [-0.25, -0.2) is 18.4 Å². The largest absolute Gasteiger partial charge is 0.344 e. The summed E-state index contributed by atoms with van der Waals surface area (Å²) >= 11 is 3.25. The number of aromatic nitrogens is 3. The minimum atomic E-state index is -2.98. The molecule has 164 valence electrons. The fourth-order valence-corrected chi connectivity index (χ4v) is 8.89. The van der Waals surface area contributed by atoms with Crippen molar-refractivity contribution in [2.75, 3.05) is 17.3 Å². The van der Waals surface area contributed by atoms with Crippen molar-refractivity contribution >= 4 is 48.9 Å². The number of sulfone groups is 1. The number of aryl methyl sites for hydroxylation is 3. The third kappa shape index (κ3) is 3.85. The number of carbonyl (C=O) groups is 1. The van der Waals surface area contributed by atoms with E-state index in [0.717, 1.165) is 39.5 Å². The van der Waals surface area contributed by atoms with Crippen LogP contribution in [0.25, 0.3) is 10.2 Å². The Bertz CT molecular complexity index is 1290. The molecule has 0 N–H and O–H groups in total. The van der Waals surface area contributed by atoms with Gasteiger partial charge in [-0.3, -0.25) is 4.79 Å². The Balaban J connectivity index is 1.38. The number of thioether (sulfide) groups is 1. The minimum absolute atomic E-state index is 0.0565. The number of hydrogen-bond donors (Lipinski definition) is 0. The van der Waals surface area contributed by atoms with Crippen LogP contribution in [0.2, 0.25) is 0 Å².